The van der Waals surface area contributed by atoms with E-state index in [9.17, 15) is 9.59 Å². The van der Waals surface area contributed by atoms with Gasteiger partial charge in [-0.25, -0.2) is 4.79 Å². The first kappa shape index (κ1) is 26.9. The number of ether oxygens (including phenoxy) is 1. The molecule has 36 heavy (non-hydrogen) atoms. The number of carbonyl (C=O) groups excluding carboxylic acids is 2. The van der Waals surface area contributed by atoms with Gasteiger partial charge in [0.25, 0.3) is 5.91 Å². The van der Waals surface area contributed by atoms with Crippen LogP contribution >= 0.6 is 23.2 Å². The topological polar surface area (TPSA) is 122 Å². The summed E-state index contributed by atoms with van der Waals surface area (Å²) in [7, 11) is 0. The first-order chi connectivity index (χ1) is 17.4. The van der Waals surface area contributed by atoms with Crippen molar-refractivity contribution in [1.29, 1.82) is 0 Å². The van der Waals surface area contributed by atoms with Crippen LogP contribution < -0.4 is 21.4 Å². The van der Waals surface area contributed by atoms with Gasteiger partial charge in [0.1, 0.15) is 12.4 Å². The Morgan fingerprint density at radius 3 is 2.42 bits per heavy atom. The number of alkyl carbamates (subject to hydrolysis) is 1. The maximum absolute atomic E-state index is 12.7. The maximum Gasteiger partial charge on any atom is 0.407 e. The fourth-order valence-corrected chi connectivity index (χ4v) is 3.61. The second-order valence-corrected chi connectivity index (χ2v) is 8.41. The normalized spacial score (nSPS) is 11.1. The van der Waals surface area contributed by atoms with E-state index in [0.717, 1.165) is 11.1 Å². The van der Waals surface area contributed by atoms with Gasteiger partial charge < -0.3 is 21.1 Å². The van der Waals surface area contributed by atoms with Crippen LogP contribution in [-0.4, -0.2) is 35.9 Å². The monoisotopic (exact) mass is 528 g/mol. The number of hydrazone groups is 1. The number of rotatable bonds is 9. The molecule has 3 rings (SSSR count). The molecule has 3 aromatic rings. The van der Waals surface area contributed by atoms with Crippen LogP contribution in [0, 0.1) is 0 Å². The van der Waals surface area contributed by atoms with Gasteiger partial charge in [0, 0.05) is 46.7 Å². The predicted molar refractivity (Wildman–Crippen MR) is 141 cm³/mol. The second kappa shape index (κ2) is 13.4. The molecule has 9 nitrogen and oxygen atoms in total. The van der Waals surface area contributed by atoms with Crippen LogP contribution in [0.4, 0.5) is 10.5 Å². The van der Waals surface area contributed by atoms with E-state index in [0.29, 0.717) is 27.8 Å². The zero-order valence-corrected chi connectivity index (χ0v) is 21.1. The molecule has 1 aromatic heterocycles. The summed E-state index contributed by atoms with van der Waals surface area (Å²) in [4.78, 5) is 28.6. The van der Waals surface area contributed by atoms with Gasteiger partial charge in [-0.1, -0.05) is 41.4 Å². The van der Waals surface area contributed by atoms with Crippen LogP contribution in [0.1, 0.15) is 28.4 Å². The summed E-state index contributed by atoms with van der Waals surface area (Å²) in [6.45, 7) is 2.79. The molecule has 4 N–H and O–H groups in total. The minimum absolute atomic E-state index is 0.0136. The summed E-state index contributed by atoms with van der Waals surface area (Å²) in [6, 6.07) is 15.4. The lowest BCUT2D eigenvalue weighted by Gasteiger charge is -2.19. The van der Waals surface area contributed by atoms with Crippen LogP contribution in [0.2, 0.25) is 10.0 Å². The summed E-state index contributed by atoms with van der Waals surface area (Å²) >= 11 is 12.2. The number of nitrogens with two attached hydrogens (primary N) is 1. The van der Waals surface area contributed by atoms with Gasteiger partial charge in [-0.3, -0.25) is 14.8 Å². The van der Waals surface area contributed by atoms with E-state index in [1.807, 2.05) is 13.0 Å². The lowest BCUT2D eigenvalue weighted by Crippen LogP contribution is -2.38. The van der Waals surface area contributed by atoms with Gasteiger partial charge in [-0.2, -0.15) is 5.10 Å². The van der Waals surface area contributed by atoms with Crippen molar-refractivity contribution in [3.63, 3.8) is 0 Å². The summed E-state index contributed by atoms with van der Waals surface area (Å²) in [6.07, 6.45) is 2.73. The molecule has 2 aromatic carbocycles. The molecular weight excluding hydrogens is 503 g/mol. The van der Waals surface area contributed by atoms with Gasteiger partial charge in [0.05, 0.1) is 12.2 Å². The molecule has 188 valence electrons. The number of aromatic nitrogens is 1. The van der Waals surface area contributed by atoms with Crippen molar-refractivity contribution in [2.75, 3.05) is 18.1 Å². The Bertz CT molecular complexity index is 1190. The number of pyridine rings is 1. The van der Waals surface area contributed by atoms with Crippen LogP contribution in [0.25, 0.3) is 0 Å². The third kappa shape index (κ3) is 8.23. The Labute approximate surface area is 219 Å². The number of nitrogens with zero attached hydrogens (tertiary/aromatic N) is 3. The van der Waals surface area contributed by atoms with Crippen molar-refractivity contribution < 1.29 is 14.3 Å². The Morgan fingerprint density at radius 2 is 1.81 bits per heavy atom. The zero-order chi connectivity index (χ0) is 25.9. The molecule has 0 bridgehead atoms. The molecule has 0 spiro atoms. The number of amidine groups is 1. The highest BCUT2D eigenvalue weighted by Gasteiger charge is 2.12. The summed E-state index contributed by atoms with van der Waals surface area (Å²) in [5.74, 6) is -0.0881. The summed E-state index contributed by atoms with van der Waals surface area (Å²) in [5.41, 5.74) is 8.49. The zero-order valence-electron chi connectivity index (χ0n) is 19.6. The average Bonchev–Trinajstić information content (AvgIpc) is 2.88. The molecule has 0 saturated heterocycles. The van der Waals surface area contributed by atoms with E-state index >= 15 is 0 Å². The Kier molecular flexibility index (Phi) is 10.1. The number of benzene rings is 2. The quantitative estimate of drug-likeness (QED) is 0.215. The van der Waals surface area contributed by atoms with Crippen LogP contribution in [0.5, 0.6) is 0 Å². The molecule has 0 fully saturated rings. The summed E-state index contributed by atoms with van der Waals surface area (Å²) in [5, 5.41) is 12.4. The largest absolute Gasteiger partial charge is 0.445 e. The summed E-state index contributed by atoms with van der Waals surface area (Å²) < 4.78 is 5.16. The molecule has 0 aliphatic heterocycles. The van der Waals surface area contributed by atoms with Crippen LogP contribution in [0.3, 0.4) is 0 Å². The van der Waals surface area contributed by atoms with Gasteiger partial charge in [0.2, 0.25) is 0 Å². The Balaban J connectivity index is 1.55. The van der Waals surface area contributed by atoms with Crippen molar-refractivity contribution in [1.82, 2.24) is 15.6 Å². The number of anilines is 1. The number of amides is 2. The fourth-order valence-electron chi connectivity index (χ4n) is 3.10. The van der Waals surface area contributed by atoms with Crippen LogP contribution in [0.15, 0.2) is 72.1 Å². The molecule has 0 aliphatic carbocycles. The molecule has 1 heterocycles. The minimum Gasteiger partial charge on any atom is -0.445 e. The molecular formula is C25H26Cl2N6O3. The van der Waals surface area contributed by atoms with Gasteiger partial charge in [0.15, 0.2) is 0 Å². The van der Waals surface area contributed by atoms with Crippen molar-refractivity contribution >= 4 is 46.7 Å². The first-order valence-electron chi connectivity index (χ1n) is 11.1. The van der Waals surface area contributed by atoms with Crippen molar-refractivity contribution in [2.45, 2.75) is 20.1 Å². The molecule has 2 amide bonds. The SMILES string of the molecule is CCN(/N=C(\CN)NC(=O)c1ccc(CNC(=O)OCc2cccnc2)cc1)c1cc(Cl)cc(Cl)c1. The first-order valence-corrected chi connectivity index (χ1v) is 11.8. The van der Waals surface area contributed by atoms with E-state index in [2.05, 4.69) is 20.7 Å². The van der Waals surface area contributed by atoms with Gasteiger partial charge in [-0.15, -0.1) is 0 Å². The lowest BCUT2D eigenvalue weighted by atomic mass is 10.1. The third-order valence-corrected chi connectivity index (χ3v) is 5.32. The van der Waals surface area contributed by atoms with E-state index in [-0.39, 0.29) is 31.4 Å². The predicted octanol–water partition coefficient (Wildman–Crippen LogP) is 4.34. The van der Waals surface area contributed by atoms with Crippen molar-refractivity contribution in [3.8, 4) is 0 Å². The van der Waals surface area contributed by atoms with Crippen molar-refractivity contribution in [2.24, 2.45) is 10.8 Å². The smallest absolute Gasteiger partial charge is 0.407 e. The van der Waals surface area contributed by atoms with E-state index < -0.39 is 6.09 Å². The Hall–Kier alpha value is -3.66. The van der Waals surface area contributed by atoms with Crippen LogP contribution in [-0.2, 0) is 17.9 Å². The number of nitrogens with one attached hydrogen (secondary N) is 2. The van der Waals surface area contributed by atoms with Gasteiger partial charge in [-0.05, 0) is 48.9 Å². The lowest BCUT2D eigenvalue weighted by molar-refractivity contribution is 0.0976. The molecule has 0 unspecified atom stereocenters. The number of hydrogen-bond donors (Lipinski definition) is 3. The minimum atomic E-state index is -0.550. The molecule has 0 radical (unpaired) electrons. The van der Waals surface area contributed by atoms with E-state index in [1.165, 1.54) is 0 Å². The number of halogens is 2. The highest BCUT2D eigenvalue weighted by atomic mass is 35.5. The number of carbonyl (C=O) groups is 2. The molecule has 0 atom stereocenters. The molecule has 11 heteroatoms. The number of hydrogen-bond acceptors (Lipinski definition) is 7. The standard InChI is InChI=1S/C25H26Cl2N6O3/c1-2-33(22-11-20(26)10-21(27)12-22)32-23(13-28)31-24(34)19-7-5-17(6-8-19)15-30-25(35)36-16-18-4-3-9-29-14-18/h3-12,14H,2,13,15-16,28H2,1H3,(H,30,35)(H,31,32,34). The maximum atomic E-state index is 12.7. The molecule has 0 aliphatic rings. The highest BCUT2D eigenvalue weighted by Crippen LogP contribution is 2.25. The van der Waals surface area contributed by atoms with Crippen molar-refractivity contribution in [3.05, 3.63) is 93.7 Å². The fraction of sp³-hybridized carbons (Fsp3) is 0.200. The van der Waals surface area contributed by atoms with Gasteiger partial charge >= 0.3 is 6.09 Å². The average molecular weight is 529 g/mol. The molecule has 0 saturated carbocycles. The second-order valence-electron chi connectivity index (χ2n) is 7.54. The highest BCUT2D eigenvalue weighted by molar-refractivity contribution is 6.35. The van der Waals surface area contributed by atoms with E-state index in [4.69, 9.17) is 33.7 Å². The Morgan fingerprint density at radius 1 is 1.08 bits per heavy atom. The third-order valence-electron chi connectivity index (χ3n) is 4.88. The van der Waals surface area contributed by atoms with E-state index in [1.54, 1.807) is 65.9 Å².